The summed E-state index contributed by atoms with van der Waals surface area (Å²) in [4.78, 5) is 15.1. The fourth-order valence-corrected chi connectivity index (χ4v) is 11.9. The van der Waals surface area contributed by atoms with Gasteiger partial charge in [-0.25, -0.2) is 0 Å². The number of carboxylic acids is 1. The van der Waals surface area contributed by atoms with Gasteiger partial charge in [0, 0.05) is 16.4 Å². The summed E-state index contributed by atoms with van der Waals surface area (Å²) in [6.45, 7) is 24.1. The van der Waals surface area contributed by atoms with Gasteiger partial charge in [0.25, 0.3) is 5.95 Å². The van der Waals surface area contributed by atoms with Crippen LogP contribution in [0, 0.1) is 62.6 Å². The number of carboxylic acid groups (broad SMARTS) is 1. The topological polar surface area (TPSA) is 151 Å². The van der Waals surface area contributed by atoms with Crippen molar-refractivity contribution in [3.63, 3.8) is 0 Å². The zero-order valence-corrected chi connectivity index (χ0v) is 30.7. The molecule has 3 saturated carbocycles. The summed E-state index contributed by atoms with van der Waals surface area (Å²) in [6, 6.07) is -0.193. The van der Waals surface area contributed by atoms with Gasteiger partial charge in [0.15, 0.2) is 0 Å². The molecule has 1 aromatic rings. The summed E-state index contributed by atoms with van der Waals surface area (Å²) in [5.74, 6) is 0.697. The zero-order chi connectivity index (χ0) is 34.5. The maximum absolute atomic E-state index is 13.4. The first-order chi connectivity index (χ1) is 21.8. The Bertz CT molecular complexity index is 1410. The Morgan fingerprint density at radius 1 is 1.13 bits per heavy atom. The Morgan fingerprint density at radius 3 is 2.43 bits per heavy atom. The second-order valence-electron chi connectivity index (χ2n) is 18.5. The van der Waals surface area contributed by atoms with Crippen LogP contribution in [-0.4, -0.2) is 62.7 Å². The minimum Gasteiger partial charge on any atom is -0.481 e. The van der Waals surface area contributed by atoms with Crippen LogP contribution in [0.1, 0.15) is 114 Å². The van der Waals surface area contributed by atoms with Crippen molar-refractivity contribution in [2.75, 3.05) is 25.6 Å². The van der Waals surface area contributed by atoms with E-state index < -0.39 is 17.4 Å². The lowest BCUT2D eigenvalue weighted by Crippen LogP contribution is -2.69. The van der Waals surface area contributed by atoms with Crippen molar-refractivity contribution in [3.8, 4) is 0 Å². The Kier molecular flexibility index (Phi) is 8.32. The number of aliphatic carboxylic acids is 1. The number of aromatic nitrogens is 4. The molecule has 10 heteroatoms. The first kappa shape index (κ1) is 34.8. The SMILES string of the molecule is CC(C)[C@@H](C)[C@@]1(C)CC[C@]2(C)[C@H]3CC[C@@H]4C5(COC[C@]4(C)[C@@H](OC[C@@](C)(N)C(C)C)[C@H](n4nnc(N)n4)C5)C3=CC[C@@]2(C)[C@@H]1C(=O)O. The van der Waals surface area contributed by atoms with Crippen LogP contribution in [0.3, 0.4) is 0 Å². The van der Waals surface area contributed by atoms with E-state index in [1.807, 2.05) is 0 Å². The molecule has 0 amide bonds. The van der Waals surface area contributed by atoms with Gasteiger partial charge in [-0.3, -0.25) is 4.79 Å². The largest absolute Gasteiger partial charge is 0.481 e. The first-order valence-electron chi connectivity index (χ1n) is 18.2. The van der Waals surface area contributed by atoms with E-state index in [-0.39, 0.29) is 57.0 Å². The second kappa shape index (κ2) is 11.2. The number of ether oxygens (including phenoxy) is 2. The van der Waals surface area contributed by atoms with Gasteiger partial charge in [0.1, 0.15) is 6.04 Å². The van der Waals surface area contributed by atoms with Crippen molar-refractivity contribution in [1.29, 1.82) is 0 Å². The fourth-order valence-electron chi connectivity index (χ4n) is 11.9. The third-order valence-electron chi connectivity index (χ3n) is 15.7. The fraction of sp³-hybridized carbons (Fsp3) is 0.892. The molecule has 4 aliphatic carbocycles. The molecule has 264 valence electrons. The standard InChI is InChI=1S/C37H62N6O4/c1-21(2)23(5)32(6)15-16-34(8)24-11-12-27-33(7)18-46-20-37(27,25(24)13-14-35(34,9)28(32)30(44)45)17-26(43-41-31(38)40-42-43)29(33)47-19-36(10,39)22(3)4/h13,21-24,26-29H,11-12,14-20,39H2,1-10H3,(H2,38,41)(H,44,45)/t23-,24+,26-,27+,28-,29+,32-,33+,34-,35+,36-,37?/m1/s1. The molecular weight excluding hydrogens is 592 g/mol. The molecule has 10 nitrogen and oxygen atoms in total. The smallest absolute Gasteiger partial charge is 0.307 e. The van der Waals surface area contributed by atoms with Crippen LogP contribution in [0.15, 0.2) is 11.6 Å². The summed E-state index contributed by atoms with van der Waals surface area (Å²) in [5.41, 5.74) is 12.5. The van der Waals surface area contributed by atoms with Crippen molar-refractivity contribution >= 4 is 11.9 Å². The van der Waals surface area contributed by atoms with E-state index in [1.165, 1.54) is 5.57 Å². The number of rotatable bonds is 8. The monoisotopic (exact) mass is 654 g/mol. The Labute approximate surface area is 282 Å². The Balaban J connectivity index is 1.44. The molecule has 6 rings (SSSR count). The lowest BCUT2D eigenvalue weighted by Gasteiger charge is -2.71. The van der Waals surface area contributed by atoms with Crippen LogP contribution in [0.4, 0.5) is 5.95 Å². The maximum Gasteiger partial charge on any atom is 0.307 e. The lowest BCUT2D eigenvalue weighted by molar-refractivity contribution is -0.253. The van der Waals surface area contributed by atoms with E-state index >= 15 is 0 Å². The van der Waals surface area contributed by atoms with Crippen molar-refractivity contribution in [2.24, 2.45) is 68.3 Å². The second-order valence-corrected chi connectivity index (χ2v) is 18.5. The highest BCUT2D eigenvalue weighted by atomic mass is 16.5. The van der Waals surface area contributed by atoms with Crippen LogP contribution in [0.2, 0.25) is 0 Å². The maximum atomic E-state index is 13.4. The third-order valence-corrected chi connectivity index (χ3v) is 15.7. The number of tetrazole rings is 1. The van der Waals surface area contributed by atoms with Gasteiger partial charge in [0.2, 0.25) is 0 Å². The number of anilines is 1. The number of hydrogen-bond acceptors (Lipinski definition) is 8. The molecule has 0 aromatic carbocycles. The van der Waals surface area contributed by atoms with E-state index in [2.05, 4.69) is 90.7 Å². The number of hydrogen-bond donors (Lipinski definition) is 3. The highest BCUT2D eigenvalue weighted by molar-refractivity contribution is 5.73. The summed E-state index contributed by atoms with van der Waals surface area (Å²) >= 11 is 0. The number of allylic oxidation sites excluding steroid dienone is 1. The predicted octanol–water partition coefficient (Wildman–Crippen LogP) is 6.14. The van der Waals surface area contributed by atoms with E-state index in [4.69, 9.17) is 20.9 Å². The Hall–Kier alpha value is -2.04. The summed E-state index contributed by atoms with van der Waals surface area (Å²) in [5, 5.41) is 24.1. The molecule has 47 heavy (non-hydrogen) atoms. The minimum absolute atomic E-state index is 0.151. The molecule has 5 N–H and O–H groups in total. The molecule has 1 aromatic heterocycles. The van der Waals surface area contributed by atoms with Crippen molar-refractivity contribution in [2.45, 2.75) is 125 Å². The number of nitrogens with two attached hydrogens (primary N) is 2. The molecule has 1 saturated heterocycles. The molecule has 1 aliphatic heterocycles. The summed E-state index contributed by atoms with van der Waals surface area (Å²) in [7, 11) is 0. The normalized spacial score (nSPS) is 45.0. The van der Waals surface area contributed by atoms with Crippen LogP contribution in [-0.2, 0) is 14.3 Å². The van der Waals surface area contributed by atoms with Gasteiger partial charge in [-0.15, -0.1) is 5.10 Å². The number of nitrogen functional groups attached to an aromatic ring is 1. The van der Waals surface area contributed by atoms with Crippen LogP contribution >= 0.6 is 0 Å². The quantitative estimate of drug-likeness (QED) is 0.281. The number of nitrogens with zero attached hydrogens (tertiary/aromatic N) is 4. The molecule has 2 bridgehead atoms. The average molecular weight is 655 g/mol. The molecular formula is C37H62N6O4. The average Bonchev–Trinajstić information content (AvgIpc) is 3.42. The van der Waals surface area contributed by atoms with Gasteiger partial charge < -0.3 is 26.0 Å². The molecule has 0 radical (unpaired) electrons. The van der Waals surface area contributed by atoms with Crippen molar-refractivity contribution < 1.29 is 19.4 Å². The highest BCUT2D eigenvalue weighted by Crippen LogP contribution is 2.75. The highest BCUT2D eigenvalue weighted by Gasteiger charge is 2.72. The third kappa shape index (κ3) is 4.80. The van der Waals surface area contributed by atoms with E-state index in [0.717, 1.165) is 38.5 Å². The molecule has 12 atom stereocenters. The summed E-state index contributed by atoms with van der Waals surface area (Å²) in [6.07, 6.45) is 7.83. The molecule has 5 aliphatic rings. The predicted molar refractivity (Wildman–Crippen MR) is 182 cm³/mol. The number of carbonyl (C=O) groups is 1. The van der Waals surface area contributed by atoms with Crippen LogP contribution in [0.25, 0.3) is 0 Å². The van der Waals surface area contributed by atoms with Crippen LogP contribution < -0.4 is 11.5 Å². The number of fused-ring (bicyclic) bond motifs is 3. The van der Waals surface area contributed by atoms with E-state index in [1.54, 1.807) is 4.80 Å². The van der Waals surface area contributed by atoms with Gasteiger partial charge in [-0.2, -0.15) is 4.80 Å². The molecule has 2 heterocycles. The van der Waals surface area contributed by atoms with E-state index in [9.17, 15) is 9.90 Å². The molecule has 4 fully saturated rings. The van der Waals surface area contributed by atoms with Crippen molar-refractivity contribution in [3.05, 3.63) is 11.6 Å². The van der Waals surface area contributed by atoms with Crippen LogP contribution in [0.5, 0.6) is 0 Å². The lowest BCUT2D eigenvalue weighted by atomic mass is 9.34. The summed E-state index contributed by atoms with van der Waals surface area (Å²) < 4.78 is 13.6. The molecule has 1 unspecified atom stereocenters. The van der Waals surface area contributed by atoms with Crippen molar-refractivity contribution in [1.82, 2.24) is 20.2 Å². The van der Waals surface area contributed by atoms with Gasteiger partial charge in [0.05, 0.1) is 31.8 Å². The minimum atomic E-state index is -0.633. The Morgan fingerprint density at radius 2 is 1.83 bits per heavy atom. The molecule has 0 spiro atoms. The van der Waals surface area contributed by atoms with Gasteiger partial charge >= 0.3 is 5.97 Å². The van der Waals surface area contributed by atoms with Gasteiger partial charge in [-0.1, -0.05) is 79.1 Å². The van der Waals surface area contributed by atoms with E-state index in [0.29, 0.717) is 37.6 Å². The zero-order valence-electron chi connectivity index (χ0n) is 30.7. The first-order valence-corrected chi connectivity index (χ1v) is 18.2. The van der Waals surface area contributed by atoms with Gasteiger partial charge in [-0.05, 0) is 96.5 Å².